The minimum Gasteiger partial charge on any atom is -0.494 e. The maximum absolute atomic E-state index is 13.2. The summed E-state index contributed by atoms with van der Waals surface area (Å²) in [5, 5.41) is 3.12. The predicted octanol–water partition coefficient (Wildman–Crippen LogP) is 4.20. The summed E-state index contributed by atoms with van der Waals surface area (Å²) in [6.45, 7) is 2.37. The van der Waals surface area contributed by atoms with Crippen LogP contribution >= 0.6 is 0 Å². The van der Waals surface area contributed by atoms with E-state index in [0.29, 0.717) is 12.4 Å². The zero-order chi connectivity index (χ0) is 22.8. The predicted molar refractivity (Wildman–Crippen MR) is 126 cm³/mol. The number of benzene rings is 2. The van der Waals surface area contributed by atoms with Crippen LogP contribution in [0.2, 0.25) is 0 Å². The van der Waals surface area contributed by atoms with Crippen LogP contribution in [0.1, 0.15) is 57.4 Å². The van der Waals surface area contributed by atoms with E-state index in [1.165, 1.54) is 31.4 Å². The van der Waals surface area contributed by atoms with Crippen molar-refractivity contribution in [3.63, 3.8) is 0 Å². The van der Waals surface area contributed by atoms with Gasteiger partial charge in [0.25, 0.3) is 0 Å². The van der Waals surface area contributed by atoms with Gasteiger partial charge >= 0.3 is 0 Å². The standard InChI is InChI=1S/C25H34N2O4S/c1-2-31-22-15-17-23(18-16-22)32(29,30)27-24(19-20-11-7-6-8-12-20)25(28)26-21-13-9-4-3-5-10-14-21/h6-8,11-12,15-18,21,24,27H,2-5,9-10,13-14,19H2,1H3,(H,26,28)/t24-/m0/s1. The molecular weight excluding hydrogens is 424 g/mol. The molecule has 0 saturated heterocycles. The number of rotatable bonds is 9. The lowest BCUT2D eigenvalue weighted by molar-refractivity contribution is -0.123. The molecule has 2 N–H and O–H groups in total. The van der Waals surface area contributed by atoms with Crippen molar-refractivity contribution in [1.29, 1.82) is 0 Å². The molecule has 32 heavy (non-hydrogen) atoms. The molecule has 0 aliphatic heterocycles. The van der Waals surface area contributed by atoms with Crippen LogP contribution < -0.4 is 14.8 Å². The summed E-state index contributed by atoms with van der Waals surface area (Å²) in [6, 6.07) is 14.9. The van der Waals surface area contributed by atoms with E-state index in [2.05, 4.69) is 10.0 Å². The van der Waals surface area contributed by atoms with E-state index in [1.54, 1.807) is 12.1 Å². The summed E-state index contributed by atoms with van der Waals surface area (Å²) in [4.78, 5) is 13.3. The molecule has 0 radical (unpaired) electrons. The SMILES string of the molecule is CCOc1ccc(S(=O)(=O)N[C@@H](Cc2ccccc2)C(=O)NC2CCCCCCC2)cc1. The Hall–Kier alpha value is -2.38. The molecule has 1 amide bonds. The molecule has 3 rings (SSSR count). The van der Waals surface area contributed by atoms with Crippen molar-refractivity contribution in [2.45, 2.75) is 75.3 Å². The second-order valence-electron chi connectivity index (χ2n) is 8.32. The van der Waals surface area contributed by atoms with Crippen LogP contribution in [0.25, 0.3) is 0 Å². The Morgan fingerprint density at radius 1 is 0.969 bits per heavy atom. The van der Waals surface area contributed by atoms with Gasteiger partial charge in [0.1, 0.15) is 11.8 Å². The number of hydrogen-bond acceptors (Lipinski definition) is 4. The average molecular weight is 459 g/mol. The van der Waals surface area contributed by atoms with Gasteiger partial charge in [-0.1, -0.05) is 62.4 Å². The zero-order valence-corrected chi connectivity index (χ0v) is 19.6. The summed E-state index contributed by atoms with van der Waals surface area (Å²) in [6.07, 6.45) is 7.96. The Kier molecular flexibility index (Phi) is 9.11. The second kappa shape index (κ2) is 12.0. The largest absolute Gasteiger partial charge is 0.494 e. The smallest absolute Gasteiger partial charge is 0.241 e. The molecule has 1 saturated carbocycles. The van der Waals surface area contributed by atoms with Crippen LogP contribution in [-0.4, -0.2) is 33.0 Å². The highest BCUT2D eigenvalue weighted by molar-refractivity contribution is 7.89. The first kappa shape index (κ1) is 24.3. The first-order chi connectivity index (χ1) is 15.5. The number of carbonyl (C=O) groups is 1. The molecular formula is C25H34N2O4S. The summed E-state index contributed by atoms with van der Waals surface area (Å²) in [7, 11) is -3.88. The first-order valence-electron chi connectivity index (χ1n) is 11.6. The van der Waals surface area contributed by atoms with Crippen molar-refractivity contribution in [3.05, 3.63) is 60.2 Å². The average Bonchev–Trinajstić information content (AvgIpc) is 2.76. The molecule has 2 aromatic carbocycles. The maximum Gasteiger partial charge on any atom is 0.241 e. The Bertz CT molecular complexity index is 938. The van der Waals surface area contributed by atoms with E-state index >= 15 is 0 Å². The molecule has 6 nitrogen and oxygen atoms in total. The van der Waals surface area contributed by atoms with Crippen molar-refractivity contribution >= 4 is 15.9 Å². The molecule has 2 aromatic rings. The van der Waals surface area contributed by atoms with Crippen molar-refractivity contribution in [2.24, 2.45) is 0 Å². The number of hydrogen-bond donors (Lipinski definition) is 2. The summed E-state index contributed by atoms with van der Waals surface area (Å²) < 4.78 is 34.2. The van der Waals surface area contributed by atoms with Crippen molar-refractivity contribution in [1.82, 2.24) is 10.0 Å². The number of carbonyl (C=O) groups excluding carboxylic acids is 1. The number of sulfonamides is 1. The monoisotopic (exact) mass is 458 g/mol. The molecule has 1 fully saturated rings. The molecule has 0 bridgehead atoms. The van der Waals surface area contributed by atoms with Gasteiger partial charge in [-0.05, 0) is 56.0 Å². The maximum atomic E-state index is 13.2. The lowest BCUT2D eigenvalue weighted by atomic mass is 9.96. The third kappa shape index (κ3) is 7.35. The van der Waals surface area contributed by atoms with Gasteiger partial charge in [0.05, 0.1) is 11.5 Å². The molecule has 174 valence electrons. The minimum absolute atomic E-state index is 0.0936. The summed E-state index contributed by atoms with van der Waals surface area (Å²) in [5.41, 5.74) is 0.903. The fourth-order valence-electron chi connectivity index (χ4n) is 4.08. The van der Waals surface area contributed by atoms with Gasteiger partial charge in [-0.2, -0.15) is 4.72 Å². The van der Waals surface area contributed by atoms with E-state index in [1.807, 2.05) is 37.3 Å². The molecule has 1 aliphatic rings. The molecule has 0 aromatic heterocycles. The van der Waals surface area contributed by atoms with Gasteiger partial charge in [0.2, 0.25) is 15.9 Å². The summed E-state index contributed by atoms with van der Waals surface area (Å²) >= 11 is 0. The Morgan fingerprint density at radius 3 is 2.22 bits per heavy atom. The van der Waals surface area contributed by atoms with Crippen molar-refractivity contribution in [2.75, 3.05) is 6.61 Å². The third-order valence-electron chi connectivity index (χ3n) is 5.79. The fraction of sp³-hybridized carbons (Fsp3) is 0.480. The quantitative estimate of drug-likeness (QED) is 0.590. The minimum atomic E-state index is -3.88. The Labute approximate surface area is 191 Å². The number of ether oxygens (including phenoxy) is 1. The third-order valence-corrected chi connectivity index (χ3v) is 7.28. The normalized spacial score (nSPS) is 16.5. The van der Waals surface area contributed by atoms with Gasteiger partial charge in [0.15, 0.2) is 0 Å². The van der Waals surface area contributed by atoms with E-state index < -0.39 is 16.1 Å². The van der Waals surface area contributed by atoms with Crippen LogP contribution in [0.5, 0.6) is 5.75 Å². The topological polar surface area (TPSA) is 84.5 Å². The Morgan fingerprint density at radius 2 is 1.59 bits per heavy atom. The molecule has 1 aliphatic carbocycles. The lowest BCUT2D eigenvalue weighted by Gasteiger charge is -2.25. The van der Waals surface area contributed by atoms with Crippen LogP contribution in [0.4, 0.5) is 0 Å². The van der Waals surface area contributed by atoms with Crippen LogP contribution in [0.15, 0.2) is 59.5 Å². The molecule has 7 heteroatoms. The first-order valence-corrected chi connectivity index (χ1v) is 13.1. The van der Waals surface area contributed by atoms with Gasteiger partial charge in [-0.15, -0.1) is 0 Å². The highest BCUT2D eigenvalue weighted by Crippen LogP contribution is 2.19. The molecule has 0 unspecified atom stereocenters. The van der Waals surface area contributed by atoms with Crippen molar-refractivity contribution < 1.29 is 17.9 Å². The van der Waals surface area contributed by atoms with Gasteiger partial charge in [-0.25, -0.2) is 8.42 Å². The number of nitrogens with one attached hydrogen (secondary N) is 2. The van der Waals surface area contributed by atoms with Gasteiger partial charge in [0, 0.05) is 6.04 Å². The summed E-state index contributed by atoms with van der Waals surface area (Å²) in [5.74, 6) is 0.336. The second-order valence-corrected chi connectivity index (χ2v) is 10.0. The molecule has 1 atom stereocenters. The van der Waals surface area contributed by atoms with Crippen LogP contribution in [-0.2, 0) is 21.2 Å². The van der Waals surface area contributed by atoms with Gasteiger partial charge in [-0.3, -0.25) is 4.79 Å². The highest BCUT2D eigenvalue weighted by atomic mass is 32.2. The van der Waals surface area contributed by atoms with Crippen LogP contribution in [0, 0.1) is 0 Å². The molecule has 0 heterocycles. The number of amides is 1. The highest BCUT2D eigenvalue weighted by Gasteiger charge is 2.27. The van der Waals surface area contributed by atoms with Crippen LogP contribution in [0.3, 0.4) is 0 Å². The van der Waals surface area contributed by atoms with E-state index in [4.69, 9.17) is 4.74 Å². The fourth-order valence-corrected chi connectivity index (χ4v) is 5.27. The van der Waals surface area contributed by atoms with E-state index in [9.17, 15) is 13.2 Å². The lowest BCUT2D eigenvalue weighted by Crippen LogP contribution is -2.50. The zero-order valence-electron chi connectivity index (χ0n) is 18.8. The molecule has 0 spiro atoms. The Balaban J connectivity index is 1.76. The van der Waals surface area contributed by atoms with E-state index in [-0.39, 0.29) is 23.3 Å². The van der Waals surface area contributed by atoms with Crippen molar-refractivity contribution in [3.8, 4) is 5.75 Å². The van der Waals surface area contributed by atoms with E-state index in [0.717, 1.165) is 31.2 Å². The van der Waals surface area contributed by atoms with Gasteiger partial charge < -0.3 is 10.1 Å².